The van der Waals surface area contributed by atoms with Crippen molar-refractivity contribution in [3.8, 4) is 5.69 Å². The van der Waals surface area contributed by atoms with Crippen LogP contribution in [0.2, 0.25) is 5.02 Å². The molecule has 0 aliphatic carbocycles. The third kappa shape index (κ3) is 4.49. The summed E-state index contributed by atoms with van der Waals surface area (Å²) in [5.41, 5.74) is 5.32. The number of benzene rings is 2. The molecule has 2 N–H and O–H groups in total. The summed E-state index contributed by atoms with van der Waals surface area (Å²) in [5.74, 6) is 0.179. The molecule has 2 aromatic heterocycles. The fourth-order valence-corrected chi connectivity index (χ4v) is 4.22. The van der Waals surface area contributed by atoms with Gasteiger partial charge in [0.1, 0.15) is 0 Å². The second kappa shape index (κ2) is 8.89. The van der Waals surface area contributed by atoms with E-state index in [0.29, 0.717) is 16.7 Å². The van der Waals surface area contributed by atoms with Crippen LogP contribution in [0.4, 0.5) is 0 Å². The SMILES string of the molecule is Cc1ccc(-n2nnnc2SCC(=O)NCCc2c[nH]c3ccc(Cl)cc23)c(C)c1. The smallest absolute Gasteiger partial charge is 0.230 e. The van der Waals surface area contributed by atoms with E-state index in [1.54, 1.807) is 4.68 Å². The Kier molecular flexibility index (Phi) is 6.06. The number of halogens is 1. The molecule has 7 nitrogen and oxygen atoms in total. The number of thioether (sulfide) groups is 1. The van der Waals surface area contributed by atoms with Gasteiger partial charge in [0, 0.05) is 28.7 Å². The van der Waals surface area contributed by atoms with Crippen molar-refractivity contribution in [3.05, 3.63) is 64.3 Å². The van der Waals surface area contributed by atoms with Gasteiger partial charge < -0.3 is 10.3 Å². The van der Waals surface area contributed by atoms with E-state index in [-0.39, 0.29) is 11.7 Å². The van der Waals surface area contributed by atoms with E-state index in [2.05, 4.69) is 31.9 Å². The topological polar surface area (TPSA) is 88.5 Å². The van der Waals surface area contributed by atoms with Crippen molar-refractivity contribution in [2.24, 2.45) is 0 Å². The van der Waals surface area contributed by atoms with Gasteiger partial charge in [-0.3, -0.25) is 4.79 Å². The quantitative estimate of drug-likeness (QED) is 0.426. The molecular formula is C21H21ClN6OS. The van der Waals surface area contributed by atoms with Crippen LogP contribution in [0.15, 0.2) is 47.8 Å². The zero-order valence-electron chi connectivity index (χ0n) is 16.6. The van der Waals surface area contributed by atoms with Crippen LogP contribution in [0.1, 0.15) is 16.7 Å². The number of aryl methyl sites for hydroxylation is 2. The fourth-order valence-electron chi connectivity index (χ4n) is 3.34. The maximum Gasteiger partial charge on any atom is 0.230 e. The fraction of sp³-hybridized carbons (Fsp3) is 0.238. The maximum absolute atomic E-state index is 12.3. The summed E-state index contributed by atoms with van der Waals surface area (Å²) in [4.78, 5) is 15.5. The Morgan fingerprint density at radius 3 is 2.93 bits per heavy atom. The molecule has 0 spiro atoms. The monoisotopic (exact) mass is 440 g/mol. The van der Waals surface area contributed by atoms with Gasteiger partial charge in [-0.25, -0.2) is 0 Å². The summed E-state index contributed by atoms with van der Waals surface area (Å²) in [6.07, 6.45) is 2.68. The minimum atomic E-state index is -0.0620. The zero-order valence-corrected chi connectivity index (χ0v) is 18.2. The molecule has 2 heterocycles. The van der Waals surface area contributed by atoms with Gasteiger partial charge in [0.05, 0.1) is 11.4 Å². The molecule has 0 atom stereocenters. The first-order valence-electron chi connectivity index (χ1n) is 9.52. The van der Waals surface area contributed by atoms with E-state index >= 15 is 0 Å². The lowest BCUT2D eigenvalue weighted by atomic mass is 10.1. The highest BCUT2D eigenvalue weighted by molar-refractivity contribution is 7.99. The number of rotatable bonds is 7. The van der Waals surface area contributed by atoms with Crippen LogP contribution in [0.3, 0.4) is 0 Å². The molecule has 0 fully saturated rings. The molecular weight excluding hydrogens is 420 g/mol. The van der Waals surface area contributed by atoms with Crippen molar-refractivity contribution in [2.75, 3.05) is 12.3 Å². The zero-order chi connectivity index (χ0) is 21.1. The highest BCUT2D eigenvalue weighted by Gasteiger charge is 2.13. The van der Waals surface area contributed by atoms with Gasteiger partial charge in [-0.2, -0.15) is 4.68 Å². The van der Waals surface area contributed by atoms with Gasteiger partial charge in [0.15, 0.2) is 0 Å². The normalized spacial score (nSPS) is 11.2. The number of aromatic amines is 1. The number of hydrogen-bond donors (Lipinski definition) is 2. The van der Waals surface area contributed by atoms with Crippen LogP contribution in [-0.4, -0.2) is 43.4 Å². The van der Waals surface area contributed by atoms with Crippen molar-refractivity contribution in [1.29, 1.82) is 0 Å². The van der Waals surface area contributed by atoms with E-state index in [4.69, 9.17) is 11.6 Å². The second-order valence-corrected chi connectivity index (χ2v) is 8.43. The second-order valence-electron chi connectivity index (χ2n) is 7.06. The minimum Gasteiger partial charge on any atom is -0.361 e. The van der Waals surface area contributed by atoms with Crippen molar-refractivity contribution in [2.45, 2.75) is 25.4 Å². The lowest BCUT2D eigenvalue weighted by Gasteiger charge is -2.08. The molecule has 1 amide bonds. The Morgan fingerprint density at radius 1 is 1.23 bits per heavy atom. The summed E-state index contributed by atoms with van der Waals surface area (Å²) >= 11 is 7.41. The van der Waals surface area contributed by atoms with Crippen molar-refractivity contribution >= 4 is 40.2 Å². The van der Waals surface area contributed by atoms with Crippen LogP contribution >= 0.6 is 23.4 Å². The van der Waals surface area contributed by atoms with Gasteiger partial charge in [0.25, 0.3) is 0 Å². The molecule has 0 saturated carbocycles. The number of amides is 1. The van der Waals surface area contributed by atoms with Crippen LogP contribution in [-0.2, 0) is 11.2 Å². The summed E-state index contributed by atoms with van der Waals surface area (Å²) in [7, 11) is 0. The summed E-state index contributed by atoms with van der Waals surface area (Å²) in [6, 6.07) is 11.8. The Labute approximate surface area is 183 Å². The van der Waals surface area contributed by atoms with Crippen LogP contribution in [0.25, 0.3) is 16.6 Å². The first-order valence-corrected chi connectivity index (χ1v) is 10.9. The molecule has 0 aliphatic rings. The molecule has 154 valence electrons. The van der Waals surface area contributed by atoms with Crippen LogP contribution in [0.5, 0.6) is 0 Å². The van der Waals surface area contributed by atoms with E-state index < -0.39 is 0 Å². The Morgan fingerprint density at radius 2 is 2.10 bits per heavy atom. The van der Waals surface area contributed by atoms with Crippen molar-refractivity contribution < 1.29 is 4.79 Å². The number of carbonyl (C=O) groups excluding carboxylic acids is 1. The van der Waals surface area contributed by atoms with Gasteiger partial charge in [0.2, 0.25) is 11.1 Å². The van der Waals surface area contributed by atoms with Gasteiger partial charge in [-0.1, -0.05) is 41.1 Å². The molecule has 9 heteroatoms. The van der Waals surface area contributed by atoms with Gasteiger partial charge >= 0.3 is 0 Å². The van der Waals surface area contributed by atoms with Gasteiger partial charge in [-0.05, 0) is 66.1 Å². The number of aromatic nitrogens is 5. The Bertz CT molecular complexity index is 1200. The molecule has 0 saturated heterocycles. The third-order valence-electron chi connectivity index (χ3n) is 4.80. The van der Waals surface area contributed by atoms with E-state index in [1.807, 2.05) is 50.4 Å². The lowest BCUT2D eigenvalue weighted by molar-refractivity contribution is -0.118. The molecule has 0 radical (unpaired) electrons. The Balaban J connectivity index is 1.32. The molecule has 0 bridgehead atoms. The molecule has 30 heavy (non-hydrogen) atoms. The number of tetrazole rings is 1. The number of hydrogen-bond acceptors (Lipinski definition) is 5. The number of nitrogens with one attached hydrogen (secondary N) is 2. The van der Waals surface area contributed by atoms with Gasteiger partial charge in [-0.15, -0.1) is 5.10 Å². The molecule has 0 aliphatic heterocycles. The third-order valence-corrected chi connectivity index (χ3v) is 5.95. The standard InChI is InChI=1S/C21H21ClN6OS/c1-13-3-6-19(14(2)9-13)28-21(25-26-27-28)30-12-20(29)23-8-7-15-11-24-18-5-4-16(22)10-17(15)18/h3-6,9-11,24H,7-8,12H2,1-2H3,(H,23,29). The largest absolute Gasteiger partial charge is 0.361 e. The first kappa shape index (κ1) is 20.4. The lowest BCUT2D eigenvalue weighted by Crippen LogP contribution is -2.27. The summed E-state index contributed by atoms with van der Waals surface area (Å²) in [5, 5.41) is 17.2. The van der Waals surface area contributed by atoms with Crippen molar-refractivity contribution in [3.63, 3.8) is 0 Å². The number of carbonyl (C=O) groups is 1. The maximum atomic E-state index is 12.3. The van der Waals surface area contributed by atoms with Crippen LogP contribution in [0, 0.1) is 13.8 Å². The highest BCUT2D eigenvalue weighted by atomic mass is 35.5. The number of nitrogens with zero attached hydrogens (tertiary/aromatic N) is 4. The molecule has 0 unspecified atom stereocenters. The Hall–Kier alpha value is -2.84. The highest BCUT2D eigenvalue weighted by Crippen LogP contribution is 2.23. The number of fused-ring (bicyclic) bond motifs is 1. The predicted molar refractivity (Wildman–Crippen MR) is 119 cm³/mol. The summed E-state index contributed by atoms with van der Waals surface area (Å²) in [6.45, 7) is 4.60. The van der Waals surface area contributed by atoms with E-state index in [0.717, 1.165) is 34.1 Å². The predicted octanol–water partition coefficient (Wildman–Crippen LogP) is 3.86. The summed E-state index contributed by atoms with van der Waals surface area (Å²) < 4.78 is 1.67. The average molecular weight is 441 g/mol. The van der Waals surface area contributed by atoms with Crippen molar-refractivity contribution in [1.82, 2.24) is 30.5 Å². The van der Waals surface area contributed by atoms with Crippen LogP contribution < -0.4 is 5.32 Å². The minimum absolute atomic E-state index is 0.0620. The molecule has 4 aromatic rings. The first-order chi connectivity index (χ1) is 14.5. The molecule has 2 aromatic carbocycles. The molecule has 4 rings (SSSR count). The van der Waals surface area contributed by atoms with E-state index in [9.17, 15) is 4.79 Å². The average Bonchev–Trinajstić information content (AvgIpc) is 3.33. The van der Waals surface area contributed by atoms with E-state index in [1.165, 1.54) is 17.3 Å². The number of H-pyrrole nitrogens is 1.